The van der Waals surface area contributed by atoms with Gasteiger partial charge in [-0.3, -0.25) is 9.78 Å². The van der Waals surface area contributed by atoms with Gasteiger partial charge in [0, 0.05) is 76.6 Å². The first-order chi connectivity index (χ1) is 14.6. The van der Waals surface area contributed by atoms with E-state index in [1.807, 2.05) is 9.80 Å². The Kier molecular flexibility index (Phi) is 6.53. The maximum Gasteiger partial charge on any atom is 0.410 e. The molecule has 3 fully saturated rings. The van der Waals surface area contributed by atoms with Crippen LogP contribution in [-0.2, 0) is 4.74 Å². The van der Waals surface area contributed by atoms with Gasteiger partial charge >= 0.3 is 6.09 Å². The van der Waals surface area contributed by atoms with Crippen molar-refractivity contribution in [3.05, 3.63) is 30.1 Å². The summed E-state index contributed by atoms with van der Waals surface area (Å²) in [5.41, 5.74) is 0.226. The number of carbonyl (C=O) groups is 2. The number of rotatable bonds is 6. The molecule has 0 saturated carbocycles. The van der Waals surface area contributed by atoms with Crippen molar-refractivity contribution in [1.82, 2.24) is 24.6 Å². The first kappa shape index (κ1) is 21.1. The highest BCUT2D eigenvalue weighted by Crippen LogP contribution is 2.33. The molecule has 3 saturated heterocycles. The molecule has 0 aromatic carbocycles. The Morgan fingerprint density at radius 3 is 2.37 bits per heavy atom. The summed E-state index contributed by atoms with van der Waals surface area (Å²) in [5.74, 6) is 0.0246. The van der Waals surface area contributed by atoms with Gasteiger partial charge in [0.1, 0.15) is 5.60 Å². The third kappa shape index (κ3) is 4.75. The van der Waals surface area contributed by atoms with Gasteiger partial charge < -0.3 is 24.3 Å². The number of carbonyl (C=O) groups excluding carboxylic acids is 2. The van der Waals surface area contributed by atoms with Crippen molar-refractivity contribution in [3.63, 3.8) is 0 Å². The molecule has 8 heteroatoms. The Balaban J connectivity index is 1.21. The van der Waals surface area contributed by atoms with Gasteiger partial charge in [0.05, 0.1) is 6.54 Å². The monoisotopic (exact) mass is 415 g/mol. The molecule has 0 bridgehead atoms. The van der Waals surface area contributed by atoms with Gasteiger partial charge in [-0.2, -0.15) is 0 Å². The van der Waals surface area contributed by atoms with E-state index in [-0.39, 0.29) is 12.0 Å². The van der Waals surface area contributed by atoms with E-state index in [0.29, 0.717) is 38.0 Å². The molecule has 1 spiro atoms. The van der Waals surface area contributed by atoms with Gasteiger partial charge in [0.25, 0.3) is 5.91 Å². The minimum absolute atomic E-state index is 0.0246. The summed E-state index contributed by atoms with van der Waals surface area (Å²) in [6.07, 6.45) is 5.46. The van der Waals surface area contributed by atoms with Gasteiger partial charge in [0.15, 0.2) is 0 Å². The third-order valence-corrected chi connectivity index (χ3v) is 6.74. The number of aromatic nitrogens is 1. The molecule has 8 nitrogen and oxygen atoms in total. The highest BCUT2D eigenvalue weighted by Gasteiger charge is 2.47. The summed E-state index contributed by atoms with van der Waals surface area (Å²) in [5, 5.41) is 0. The van der Waals surface area contributed by atoms with Crippen LogP contribution in [0.5, 0.6) is 0 Å². The minimum atomic E-state index is -0.432. The number of amides is 2. The van der Waals surface area contributed by atoms with Crippen molar-refractivity contribution in [3.8, 4) is 0 Å². The van der Waals surface area contributed by atoms with Crippen molar-refractivity contribution in [2.45, 2.75) is 31.8 Å². The van der Waals surface area contributed by atoms with Gasteiger partial charge in [-0.1, -0.05) is 6.92 Å². The molecule has 0 N–H and O–H groups in total. The number of pyridine rings is 1. The summed E-state index contributed by atoms with van der Waals surface area (Å²) >= 11 is 0. The van der Waals surface area contributed by atoms with E-state index >= 15 is 0 Å². The van der Waals surface area contributed by atoms with Crippen molar-refractivity contribution in [2.24, 2.45) is 0 Å². The Morgan fingerprint density at radius 2 is 1.70 bits per heavy atom. The molecule has 2 amide bonds. The molecule has 0 unspecified atom stereocenters. The van der Waals surface area contributed by atoms with Crippen LogP contribution in [0.3, 0.4) is 0 Å². The van der Waals surface area contributed by atoms with E-state index in [1.165, 1.54) is 0 Å². The van der Waals surface area contributed by atoms with Crippen LogP contribution in [-0.4, -0.2) is 108 Å². The van der Waals surface area contributed by atoms with Crippen molar-refractivity contribution in [2.75, 3.05) is 65.4 Å². The minimum Gasteiger partial charge on any atom is -0.441 e. The van der Waals surface area contributed by atoms with Crippen LogP contribution in [0.1, 0.15) is 36.5 Å². The van der Waals surface area contributed by atoms with Crippen LogP contribution in [0.4, 0.5) is 4.79 Å². The molecule has 4 rings (SSSR count). The number of likely N-dealkylation sites (N-methyl/N-ethyl adjacent to an activating group) is 1. The second-order valence-corrected chi connectivity index (χ2v) is 8.63. The number of hydrogen-bond acceptors (Lipinski definition) is 6. The van der Waals surface area contributed by atoms with Crippen LogP contribution in [0.25, 0.3) is 0 Å². The van der Waals surface area contributed by atoms with E-state index in [9.17, 15) is 9.59 Å². The first-order valence-electron chi connectivity index (χ1n) is 11.2. The molecule has 0 aliphatic carbocycles. The van der Waals surface area contributed by atoms with Gasteiger partial charge in [0.2, 0.25) is 0 Å². The van der Waals surface area contributed by atoms with Crippen molar-refractivity contribution < 1.29 is 14.3 Å². The zero-order valence-corrected chi connectivity index (χ0v) is 18.0. The summed E-state index contributed by atoms with van der Waals surface area (Å²) in [6.45, 7) is 11.5. The molecular weight excluding hydrogens is 382 g/mol. The lowest BCUT2D eigenvalue weighted by atomic mass is 9.91. The van der Waals surface area contributed by atoms with Crippen LogP contribution in [0.15, 0.2) is 24.5 Å². The molecule has 30 heavy (non-hydrogen) atoms. The topological polar surface area (TPSA) is 69.2 Å². The molecule has 0 radical (unpaired) electrons. The van der Waals surface area contributed by atoms with E-state index in [4.69, 9.17) is 4.74 Å². The lowest BCUT2D eigenvalue weighted by molar-refractivity contribution is 0.00313. The molecule has 3 aliphatic rings. The molecule has 1 aromatic rings. The normalized spacial score (nSPS) is 22.5. The average Bonchev–Trinajstić information content (AvgIpc) is 3.09. The van der Waals surface area contributed by atoms with Crippen LogP contribution >= 0.6 is 0 Å². The fourth-order valence-electron chi connectivity index (χ4n) is 4.73. The SMILES string of the molecule is CCN1CCN(CCCN2CC3(CCN(C(=O)c4ccncc4)CC3)OC2=O)CC1. The first-order valence-corrected chi connectivity index (χ1v) is 11.2. The van der Waals surface area contributed by atoms with E-state index in [0.717, 1.165) is 52.2 Å². The number of hydrogen-bond donors (Lipinski definition) is 0. The van der Waals surface area contributed by atoms with E-state index in [2.05, 4.69) is 21.7 Å². The average molecular weight is 416 g/mol. The zero-order valence-electron chi connectivity index (χ0n) is 18.0. The molecule has 3 aliphatic heterocycles. The number of ether oxygens (including phenoxy) is 1. The van der Waals surface area contributed by atoms with Gasteiger partial charge in [-0.15, -0.1) is 0 Å². The lowest BCUT2D eigenvalue weighted by Crippen LogP contribution is -2.49. The van der Waals surface area contributed by atoms with Crippen LogP contribution in [0.2, 0.25) is 0 Å². The summed E-state index contributed by atoms with van der Waals surface area (Å²) in [6, 6.07) is 3.48. The predicted octanol–water partition coefficient (Wildman–Crippen LogP) is 1.54. The number of likely N-dealkylation sites (tertiary alicyclic amines) is 1. The number of piperazine rings is 1. The number of nitrogens with zero attached hydrogens (tertiary/aromatic N) is 5. The largest absolute Gasteiger partial charge is 0.441 e. The van der Waals surface area contributed by atoms with Crippen LogP contribution < -0.4 is 0 Å². The smallest absolute Gasteiger partial charge is 0.410 e. The quantitative estimate of drug-likeness (QED) is 0.702. The van der Waals surface area contributed by atoms with Crippen molar-refractivity contribution in [1.29, 1.82) is 0 Å². The zero-order chi connectivity index (χ0) is 21.0. The summed E-state index contributed by atoms with van der Waals surface area (Å²) in [7, 11) is 0. The molecule has 164 valence electrons. The van der Waals surface area contributed by atoms with Gasteiger partial charge in [-0.25, -0.2) is 4.79 Å². The fraction of sp³-hybridized carbons (Fsp3) is 0.682. The fourth-order valence-corrected chi connectivity index (χ4v) is 4.73. The van der Waals surface area contributed by atoms with Crippen molar-refractivity contribution >= 4 is 12.0 Å². The lowest BCUT2D eigenvalue weighted by Gasteiger charge is -2.37. The van der Waals surface area contributed by atoms with Gasteiger partial charge in [-0.05, 0) is 31.6 Å². The molecule has 0 atom stereocenters. The van der Waals surface area contributed by atoms with E-state index in [1.54, 1.807) is 24.5 Å². The second kappa shape index (κ2) is 9.31. The number of piperidine rings is 1. The predicted molar refractivity (Wildman–Crippen MR) is 113 cm³/mol. The Hall–Kier alpha value is -2.19. The third-order valence-electron chi connectivity index (χ3n) is 6.74. The van der Waals surface area contributed by atoms with Crippen LogP contribution in [0, 0.1) is 0 Å². The molecule has 1 aromatic heterocycles. The second-order valence-electron chi connectivity index (χ2n) is 8.63. The highest BCUT2D eigenvalue weighted by atomic mass is 16.6. The maximum atomic E-state index is 12.6. The highest BCUT2D eigenvalue weighted by molar-refractivity contribution is 5.94. The Labute approximate surface area is 178 Å². The summed E-state index contributed by atoms with van der Waals surface area (Å²) < 4.78 is 5.83. The maximum absolute atomic E-state index is 12.6. The Morgan fingerprint density at radius 1 is 1.03 bits per heavy atom. The standard InChI is InChI=1S/C22H33N5O3/c1-2-24-14-16-25(17-15-24)10-3-11-27-18-22(30-21(27)29)6-12-26(13-7-22)20(28)19-4-8-23-9-5-19/h4-5,8-9H,2-3,6-7,10-18H2,1H3. The summed E-state index contributed by atoms with van der Waals surface area (Å²) in [4.78, 5) is 37.7. The molecular formula is C22H33N5O3. The van der Waals surface area contributed by atoms with E-state index < -0.39 is 5.60 Å². The Bertz CT molecular complexity index is 728. The molecule has 4 heterocycles.